The van der Waals surface area contributed by atoms with Gasteiger partial charge in [-0.1, -0.05) is 13.8 Å². The number of methoxy groups -OCH3 is 1. The molecule has 0 saturated carbocycles. The van der Waals surface area contributed by atoms with Crippen LogP contribution < -0.4 is 15.4 Å². The van der Waals surface area contributed by atoms with E-state index in [0.29, 0.717) is 12.5 Å². The third-order valence-electron chi connectivity index (χ3n) is 3.18. The molecule has 19 heavy (non-hydrogen) atoms. The van der Waals surface area contributed by atoms with Crippen LogP contribution in [-0.2, 0) is 4.79 Å². The van der Waals surface area contributed by atoms with Gasteiger partial charge in [-0.05, 0) is 36.6 Å². The highest BCUT2D eigenvalue weighted by Gasteiger charge is 2.22. The number of benzene rings is 1. The Labute approximate surface area is 115 Å². The summed E-state index contributed by atoms with van der Waals surface area (Å²) in [7, 11) is 3.41. The quantitative estimate of drug-likeness (QED) is 0.857. The van der Waals surface area contributed by atoms with Crippen LogP contribution in [0.2, 0.25) is 0 Å². The maximum absolute atomic E-state index is 12.4. The first-order valence-electron chi connectivity index (χ1n) is 6.61. The molecule has 0 aliphatic rings. The lowest BCUT2D eigenvalue weighted by atomic mass is 9.96. The fraction of sp³-hybridized carbons (Fsp3) is 0.533. The number of carbonyl (C=O) groups excluding carboxylic acids is 1. The summed E-state index contributed by atoms with van der Waals surface area (Å²) in [5, 5.41) is 0. The number of ether oxygens (including phenoxy) is 1. The first kappa shape index (κ1) is 15.5. The summed E-state index contributed by atoms with van der Waals surface area (Å²) in [4.78, 5) is 14.0. The molecule has 1 aromatic rings. The number of nitrogens with zero attached hydrogens (tertiary/aromatic N) is 1. The number of anilines is 1. The highest BCUT2D eigenvalue weighted by atomic mass is 16.5. The molecule has 0 aliphatic carbocycles. The van der Waals surface area contributed by atoms with E-state index in [-0.39, 0.29) is 11.8 Å². The van der Waals surface area contributed by atoms with E-state index in [4.69, 9.17) is 10.5 Å². The molecule has 1 amide bonds. The van der Waals surface area contributed by atoms with Gasteiger partial charge < -0.3 is 15.4 Å². The largest absolute Gasteiger partial charge is 0.497 e. The molecule has 0 aliphatic heterocycles. The summed E-state index contributed by atoms with van der Waals surface area (Å²) in [6.07, 6.45) is 0.815. The van der Waals surface area contributed by atoms with Crippen molar-refractivity contribution >= 4 is 11.6 Å². The van der Waals surface area contributed by atoms with E-state index in [2.05, 4.69) is 13.8 Å². The van der Waals surface area contributed by atoms with E-state index in [1.807, 2.05) is 24.3 Å². The third kappa shape index (κ3) is 4.24. The Bertz CT molecular complexity index is 401. The molecule has 1 aromatic carbocycles. The molecule has 0 aromatic heterocycles. The van der Waals surface area contributed by atoms with Crippen LogP contribution in [0.5, 0.6) is 5.75 Å². The Hall–Kier alpha value is -1.55. The second kappa shape index (κ2) is 7.14. The smallest absolute Gasteiger partial charge is 0.231 e. The molecule has 0 fully saturated rings. The lowest BCUT2D eigenvalue weighted by Gasteiger charge is -2.24. The van der Waals surface area contributed by atoms with E-state index in [1.54, 1.807) is 19.1 Å². The van der Waals surface area contributed by atoms with Crippen LogP contribution in [-0.4, -0.2) is 26.6 Å². The van der Waals surface area contributed by atoms with Gasteiger partial charge in [0.25, 0.3) is 0 Å². The Balaban J connectivity index is 2.78. The monoisotopic (exact) mass is 264 g/mol. The molecule has 0 bridgehead atoms. The van der Waals surface area contributed by atoms with Crippen molar-refractivity contribution in [1.29, 1.82) is 0 Å². The average molecular weight is 264 g/mol. The lowest BCUT2D eigenvalue weighted by molar-refractivity contribution is -0.122. The predicted octanol–water partition coefficient (Wildman–Crippen LogP) is 2.28. The zero-order valence-corrected chi connectivity index (χ0v) is 12.2. The number of hydrogen-bond acceptors (Lipinski definition) is 3. The van der Waals surface area contributed by atoms with Gasteiger partial charge in [0.2, 0.25) is 5.91 Å². The highest BCUT2D eigenvalue weighted by molar-refractivity contribution is 5.94. The normalized spacial score (nSPS) is 12.3. The number of amides is 1. The van der Waals surface area contributed by atoms with Crippen molar-refractivity contribution in [1.82, 2.24) is 0 Å². The standard InChI is InChI=1S/C15H24N2O2/c1-11(2)9-12(10-16)15(18)17(3)13-5-7-14(19-4)8-6-13/h5-8,11-12H,9-10,16H2,1-4H3. The van der Waals surface area contributed by atoms with E-state index in [9.17, 15) is 4.79 Å². The van der Waals surface area contributed by atoms with Gasteiger partial charge in [-0.2, -0.15) is 0 Å². The van der Waals surface area contributed by atoms with Crippen molar-refractivity contribution in [3.63, 3.8) is 0 Å². The maximum atomic E-state index is 12.4. The first-order valence-corrected chi connectivity index (χ1v) is 6.61. The summed E-state index contributed by atoms with van der Waals surface area (Å²) in [6, 6.07) is 7.44. The Morgan fingerprint density at radius 1 is 1.32 bits per heavy atom. The number of hydrogen-bond donors (Lipinski definition) is 1. The SMILES string of the molecule is COc1ccc(N(C)C(=O)C(CN)CC(C)C)cc1. The van der Waals surface area contributed by atoms with Gasteiger partial charge in [0.15, 0.2) is 0 Å². The van der Waals surface area contributed by atoms with Crippen LogP contribution in [0.3, 0.4) is 0 Å². The molecule has 1 rings (SSSR count). The van der Waals surface area contributed by atoms with Crippen LogP contribution in [0.1, 0.15) is 20.3 Å². The summed E-state index contributed by atoms with van der Waals surface area (Å²) in [5.41, 5.74) is 6.57. The van der Waals surface area contributed by atoms with Crippen LogP contribution in [0.15, 0.2) is 24.3 Å². The van der Waals surface area contributed by atoms with Gasteiger partial charge in [-0.15, -0.1) is 0 Å². The molecule has 2 N–H and O–H groups in total. The Morgan fingerprint density at radius 3 is 2.32 bits per heavy atom. The van der Waals surface area contributed by atoms with Gasteiger partial charge in [0.1, 0.15) is 5.75 Å². The predicted molar refractivity (Wildman–Crippen MR) is 78.4 cm³/mol. The fourth-order valence-electron chi connectivity index (χ4n) is 2.07. The van der Waals surface area contributed by atoms with E-state index >= 15 is 0 Å². The van der Waals surface area contributed by atoms with Crippen LogP contribution in [0, 0.1) is 11.8 Å². The molecule has 0 saturated heterocycles. The Kier molecular flexibility index (Phi) is 5.83. The van der Waals surface area contributed by atoms with Crippen molar-refractivity contribution in [3.8, 4) is 5.75 Å². The molecule has 0 heterocycles. The second-order valence-corrected chi connectivity index (χ2v) is 5.16. The number of nitrogens with two attached hydrogens (primary N) is 1. The number of carbonyl (C=O) groups is 1. The molecule has 106 valence electrons. The van der Waals surface area contributed by atoms with Gasteiger partial charge in [0, 0.05) is 19.3 Å². The van der Waals surface area contributed by atoms with Gasteiger partial charge in [-0.25, -0.2) is 0 Å². The second-order valence-electron chi connectivity index (χ2n) is 5.16. The van der Waals surface area contributed by atoms with Gasteiger partial charge in [0.05, 0.1) is 13.0 Å². The van der Waals surface area contributed by atoms with Crippen molar-refractivity contribution < 1.29 is 9.53 Å². The maximum Gasteiger partial charge on any atom is 0.231 e. The van der Waals surface area contributed by atoms with Gasteiger partial charge >= 0.3 is 0 Å². The first-order chi connectivity index (χ1) is 8.99. The minimum Gasteiger partial charge on any atom is -0.497 e. The molecule has 1 atom stereocenters. The highest BCUT2D eigenvalue weighted by Crippen LogP contribution is 2.21. The topological polar surface area (TPSA) is 55.6 Å². The molecular formula is C15H24N2O2. The van der Waals surface area contributed by atoms with Crippen molar-refractivity contribution in [2.75, 3.05) is 25.6 Å². The summed E-state index contributed by atoms with van der Waals surface area (Å²) >= 11 is 0. The lowest BCUT2D eigenvalue weighted by Crippen LogP contribution is -2.37. The van der Waals surface area contributed by atoms with E-state index in [0.717, 1.165) is 17.9 Å². The van der Waals surface area contributed by atoms with Crippen LogP contribution in [0.25, 0.3) is 0 Å². The minimum absolute atomic E-state index is 0.0707. The molecule has 4 heteroatoms. The molecule has 0 spiro atoms. The van der Waals surface area contributed by atoms with Crippen LogP contribution in [0.4, 0.5) is 5.69 Å². The molecule has 4 nitrogen and oxygen atoms in total. The Morgan fingerprint density at radius 2 is 1.89 bits per heavy atom. The van der Waals surface area contributed by atoms with E-state index in [1.165, 1.54) is 0 Å². The van der Waals surface area contributed by atoms with Gasteiger partial charge in [-0.3, -0.25) is 4.79 Å². The van der Waals surface area contributed by atoms with Crippen molar-refractivity contribution in [2.45, 2.75) is 20.3 Å². The zero-order chi connectivity index (χ0) is 14.4. The molecule has 1 unspecified atom stereocenters. The van der Waals surface area contributed by atoms with E-state index < -0.39 is 0 Å². The summed E-state index contributed by atoms with van der Waals surface area (Å²) in [5.74, 6) is 1.19. The third-order valence-corrected chi connectivity index (χ3v) is 3.18. The number of rotatable bonds is 6. The zero-order valence-electron chi connectivity index (χ0n) is 12.2. The minimum atomic E-state index is -0.118. The summed E-state index contributed by atoms with van der Waals surface area (Å²) < 4.78 is 5.11. The van der Waals surface area contributed by atoms with Crippen molar-refractivity contribution in [2.24, 2.45) is 17.6 Å². The van der Waals surface area contributed by atoms with Crippen LogP contribution >= 0.6 is 0 Å². The summed E-state index contributed by atoms with van der Waals surface area (Å²) in [6.45, 7) is 4.59. The average Bonchev–Trinajstić information content (AvgIpc) is 2.43. The molecule has 0 radical (unpaired) electrons. The van der Waals surface area contributed by atoms with Crippen molar-refractivity contribution in [3.05, 3.63) is 24.3 Å². The fourth-order valence-corrected chi connectivity index (χ4v) is 2.07. The molecular weight excluding hydrogens is 240 g/mol.